The summed E-state index contributed by atoms with van der Waals surface area (Å²) < 4.78 is 28.5. The molecule has 0 aromatic carbocycles. The number of rotatable bonds is 4. The molecule has 27 heavy (non-hydrogen) atoms. The minimum atomic E-state index is -2.91. The Balaban J connectivity index is 1.65. The summed E-state index contributed by atoms with van der Waals surface area (Å²) in [5.74, 6) is 1.04. The lowest BCUT2D eigenvalue weighted by atomic mass is 10.2. The molecule has 9 nitrogen and oxygen atoms in total. The summed E-state index contributed by atoms with van der Waals surface area (Å²) >= 11 is 0. The van der Waals surface area contributed by atoms with Crippen LogP contribution in [0.15, 0.2) is 4.99 Å². The monoisotopic (exact) mass is 403 g/mol. The number of nitrogens with zero attached hydrogens (tertiary/aromatic N) is 3. The second-order valence-electron chi connectivity index (χ2n) is 8.05. The van der Waals surface area contributed by atoms with Crippen LogP contribution in [0, 0.1) is 0 Å². The Labute approximate surface area is 162 Å². The van der Waals surface area contributed by atoms with E-state index in [9.17, 15) is 13.2 Å². The van der Waals surface area contributed by atoms with E-state index in [0.717, 1.165) is 19.6 Å². The molecule has 2 aliphatic heterocycles. The number of carbonyl (C=O) groups is 1. The number of nitrogens with one attached hydrogen (secondary N) is 2. The first-order valence-electron chi connectivity index (χ1n) is 9.46. The van der Waals surface area contributed by atoms with Gasteiger partial charge in [0.25, 0.3) is 0 Å². The largest absolute Gasteiger partial charge is 0.444 e. The highest BCUT2D eigenvalue weighted by Crippen LogP contribution is 2.12. The Bertz CT molecular complexity index is 636. The number of amides is 1. The first kappa shape index (κ1) is 21.7. The van der Waals surface area contributed by atoms with Gasteiger partial charge in [0.1, 0.15) is 5.60 Å². The van der Waals surface area contributed by atoms with Crippen LogP contribution in [-0.4, -0.2) is 99.7 Å². The number of aliphatic imine (C=N–C) groups is 1. The topological polar surface area (TPSA) is 103 Å². The molecule has 2 saturated heterocycles. The van der Waals surface area contributed by atoms with E-state index in [1.165, 1.54) is 0 Å². The van der Waals surface area contributed by atoms with E-state index in [1.807, 2.05) is 20.8 Å². The van der Waals surface area contributed by atoms with E-state index in [1.54, 1.807) is 11.9 Å². The second kappa shape index (κ2) is 9.09. The summed E-state index contributed by atoms with van der Waals surface area (Å²) in [4.78, 5) is 20.3. The summed E-state index contributed by atoms with van der Waals surface area (Å²) in [5.41, 5.74) is -0.473. The fraction of sp³-hybridized carbons (Fsp3) is 0.882. The van der Waals surface area contributed by atoms with Gasteiger partial charge in [-0.25, -0.2) is 13.2 Å². The summed E-state index contributed by atoms with van der Waals surface area (Å²) in [6, 6.07) is -0.0708. The number of hydrogen-bond donors (Lipinski definition) is 2. The maximum absolute atomic E-state index is 12.1. The van der Waals surface area contributed by atoms with Crippen LogP contribution in [0.5, 0.6) is 0 Å². The van der Waals surface area contributed by atoms with E-state index < -0.39 is 15.4 Å². The minimum absolute atomic E-state index is 0.0708. The minimum Gasteiger partial charge on any atom is -0.444 e. The number of piperazine rings is 1. The first-order chi connectivity index (χ1) is 12.6. The molecule has 1 unspecified atom stereocenters. The molecule has 2 N–H and O–H groups in total. The first-order valence-corrected chi connectivity index (χ1v) is 11.3. The highest BCUT2D eigenvalue weighted by Gasteiger charge is 2.28. The highest BCUT2D eigenvalue weighted by molar-refractivity contribution is 7.91. The van der Waals surface area contributed by atoms with E-state index in [4.69, 9.17) is 4.74 Å². The summed E-state index contributed by atoms with van der Waals surface area (Å²) in [5, 5.41) is 6.41. The van der Waals surface area contributed by atoms with Gasteiger partial charge in [0.15, 0.2) is 15.8 Å². The van der Waals surface area contributed by atoms with Crippen molar-refractivity contribution < 1.29 is 17.9 Å². The van der Waals surface area contributed by atoms with Gasteiger partial charge in [0, 0.05) is 52.4 Å². The van der Waals surface area contributed by atoms with Crippen molar-refractivity contribution in [2.45, 2.75) is 38.8 Å². The molecule has 0 spiro atoms. The molecule has 2 fully saturated rings. The maximum atomic E-state index is 12.1. The Kier molecular flexibility index (Phi) is 7.32. The zero-order valence-electron chi connectivity index (χ0n) is 16.8. The maximum Gasteiger partial charge on any atom is 0.410 e. The van der Waals surface area contributed by atoms with Crippen molar-refractivity contribution in [1.29, 1.82) is 0 Å². The lowest BCUT2D eigenvalue weighted by Crippen LogP contribution is -2.52. The molecule has 1 atom stereocenters. The number of sulfone groups is 1. The average molecular weight is 404 g/mol. The Hall–Kier alpha value is -1.55. The van der Waals surface area contributed by atoms with Crippen LogP contribution in [0.4, 0.5) is 4.79 Å². The van der Waals surface area contributed by atoms with Crippen LogP contribution in [0.25, 0.3) is 0 Å². The van der Waals surface area contributed by atoms with Gasteiger partial charge < -0.3 is 20.3 Å². The predicted molar refractivity (Wildman–Crippen MR) is 106 cm³/mol. The summed E-state index contributed by atoms with van der Waals surface area (Å²) in [6.07, 6.45) is 0.367. The van der Waals surface area contributed by atoms with Crippen molar-refractivity contribution in [3.8, 4) is 0 Å². The van der Waals surface area contributed by atoms with Gasteiger partial charge in [0.2, 0.25) is 0 Å². The van der Waals surface area contributed by atoms with Gasteiger partial charge in [-0.15, -0.1) is 0 Å². The Morgan fingerprint density at radius 1 is 1.22 bits per heavy atom. The van der Waals surface area contributed by atoms with Crippen molar-refractivity contribution in [1.82, 2.24) is 20.4 Å². The van der Waals surface area contributed by atoms with Gasteiger partial charge in [-0.1, -0.05) is 0 Å². The van der Waals surface area contributed by atoms with Gasteiger partial charge in [-0.05, 0) is 27.2 Å². The van der Waals surface area contributed by atoms with E-state index >= 15 is 0 Å². The van der Waals surface area contributed by atoms with Crippen molar-refractivity contribution in [3.05, 3.63) is 0 Å². The summed E-state index contributed by atoms with van der Waals surface area (Å²) in [6.45, 7) is 10.0. The summed E-state index contributed by atoms with van der Waals surface area (Å²) in [7, 11) is -1.23. The third kappa shape index (κ3) is 7.53. The molecule has 10 heteroatoms. The normalized spacial score (nSPS) is 23.9. The molecule has 2 rings (SSSR count). The molecule has 2 aliphatic rings. The van der Waals surface area contributed by atoms with Gasteiger partial charge in [-0.3, -0.25) is 9.89 Å². The fourth-order valence-corrected chi connectivity index (χ4v) is 4.78. The highest BCUT2D eigenvalue weighted by atomic mass is 32.2. The Morgan fingerprint density at radius 2 is 1.89 bits per heavy atom. The zero-order chi connectivity index (χ0) is 20.1. The van der Waals surface area contributed by atoms with Gasteiger partial charge >= 0.3 is 6.09 Å². The fourth-order valence-electron chi connectivity index (χ4n) is 3.11. The molecular weight excluding hydrogens is 370 g/mol. The van der Waals surface area contributed by atoms with Crippen LogP contribution < -0.4 is 10.6 Å². The van der Waals surface area contributed by atoms with Crippen LogP contribution in [0.2, 0.25) is 0 Å². The van der Waals surface area contributed by atoms with Crippen molar-refractivity contribution in [2.75, 3.05) is 57.8 Å². The number of ether oxygens (including phenoxy) is 1. The van der Waals surface area contributed by atoms with Crippen LogP contribution >= 0.6 is 0 Å². The third-order valence-electron chi connectivity index (χ3n) is 4.54. The van der Waals surface area contributed by atoms with E-state index in [-0.39, 0.29) is 23.6 Å². The van der Waals surface area contributed by atoms with E-state index in [0.29, 0.717) is 32.0 Å². The molecular formula is C17H33N5O4S. The lowest BCUT2D eigenvalue weighted by Gasteiger charge is -2.35. The van der Waals surface area contributed by atoms with Crippen molar-refractivity contribution in [3.63, 3.8) is 0 Å². The zero-order valence-corrected chi connectivity index (χ0v) is 17.6. The third-order valence-corrected chi connectivity index (χ3v) is 6.31. The van der Waals surface area contributed by atoms with Crippen molar-refractivity contribution >= 4 is 21.9 Å². The molecule has 2 heterocycles. The van der Waals surface area contributed by atoms with Crippen LogP contribution in [0.1, 0.15) is 27.2 Å². The molecule has 0 aromatic heterocycles. The number of carbonyl (C=O) groups excluding carboxylic acids is 1. The molecule has 0 aromatic rings. The molecule has 156 valence electrons. The average Bonchev–Trinajstić information content (AvgIpc) is 2.91. The van der Waals surface area contributed by atoms with Crippen LogP contribution in [0.3, 0.4) is 0 Å². The van der Waals surface area contributed by atoms with Crippen LogP contribution in [-0.2, 0) is 14.6 Å². The molecule has 1 amide bonds. The standard InChI is InChI=1S/C17H33N5O4S/c1-17(2,3)26-16(23)22-10-8-21(9-11-22)7-6-19-15(18-4)20-14-5-12-27(24,25)13-14/h14H,5-13H2,1-4H3,(H2,18,19,20). The van der Waals surface area contributed by atoms with Crippen molar-refractivity contribution in [2.24, 2.45) is 4.99 Å². The predicted octanol–water partition coefficient (Wildman–Crippen LogP) is -0.109. The number of hydrogen-bond acceptors (Lipinski definition) is 6. The van der Waals surface area contributed by atoms with E-state index in [2.05, 4.69) is 20.5 Å². The molecule has 0 bridgehead atoms. The van der Waals surface area contributed by atoms with Gasteiger partial charge in [0.05, 0.1) is 11.5 Å². The Morgan fingerprint density at radius 3 is 2.41 bits per heavy atom. The molecule has 0 saturated carbocycles. The van der Waals surface area contributed by atoms with Gasteiger partial charge in [-0.2, -0.15) is 0 Å². The smallest absolute Gasteiger partial charge is 0.410 e. The lowest BCUT2D eigenvalue weighted by molar-refractivity contribution is 0.0147. The second-order valence-corrected chi connectivity index (χ2v) is 10.3. The SMILES string of the molecule is CN=C(NCCN1CCN(C(=O)OC(C)(C)C)CC1)NC1CCS(=O)(=O)C1. The quantitative estimate of drug-likeness (QED) is 0.499. The number of guanidine groups is 1. The molecule has 0 aliphatic carbocycles. The molecule has 0 radical (unpaired) electrons.